The number of aliphatic hydroxyl groups is 1. The van der Waals surface area contributed by atoms with E-state index < -0.39 is 24.2 Å². The van der Waals surface area contributed by atoms with Crippen molar-refractivity contribution in [1.82, 2.24) is 4.90 Å². The summed E-state index contributed by atoms with van der Waals surface area (Å²) in [4.78, 5) is 24.2. The fourth-order valence-electron chi connectivity index (χ4n) is 1.98. The molecule has 1 rings (SSSR count). The zero-order chi connectivity index (χ0) is 13.2. The molecule has 1 amide bonds. The molecule has 1 saturated heterocycles. The van der Waals surface area contributed by atoms with Crippen molar-refractivity contribution in [3.63, 3.8) is 0 Å². The van der Waals surface area contributed by atoms with Crippen molar-refractivity contribution in [3.05, 3.63) is 0 Å². The Balaban J connectivity index is 2.77. The molecule has 1 aliphatic rings. The van der Waals surface area contributed by atoms with E-state index in [1.54, 1.807) is 0 Å². The van der Waals surface area contributed by atoms with Gasteiger partial charge in [-0.1, -0.05) is 20.3 Å². The monoisotopic (exact) mass is 244 g/mol. The lowest BCUT2D eigenvalue weighted by atomic mass is 9.98. The van der Waals surface area contributed by atoms with Gasteiger partial charge in [-0.05, 0) is 5.92 Å². The predicted octanol–water partition coefficient (Wildman–Crippen LogP) is -0.594. The summed E-state index contributed by atoms with van der Waals surface area (Å²) in [6, 6.07) is -1.65. The largest absolute Gasteiger partial charge is 0.480 e. The zero-order valence-corrected chi connectivity index (χ0v) is 10.2. The molecule has 17 heavy (non-hydrogen) atoms. The third-order valence-electron chi connectivity index (χ3n) is 3.39. The fourth-order valence-corrected chi connectivity index (χ4v) is 1.98. The van der Waals surface area contributed by atoms with Crippen LogP contribution >= 0.6 is 0 Å². The smallest absolute Gasteiger partial charge is 0.326 e. The second-order valence-corrected chi connectivity index (χ2v) is 4.65. The Morgan fingerprint density at radius 1 is 1.53 bits per heavy atom. The van der Waals surface area contributed by atoms with Gasteiger partial charge in [0.2, 0.25) is 5.91 Å². The van der Waals surface area contributed by atoms with Crippen molar-refractivity contribution in [2.45, 2.75) is 44.9 Å². The molecule has 1 aliphatic heterocycles. The van der Waals surface area contributed by atoms with Crippen molar-refractivity contribution in [1.29, 1.82) is 0 Å². The zero-order valence-electron chi connectivity index (χ0n) is 10.2. The number of rotatable bonds is 4. The highest BCUT2D eigenvalue weighted by Gasteiger charge is 2.41. The van der Waals surface area contributed by atoms with Crippen LogP contribution in [-0.4, -0.2) is 51.7 Å². The standard InChI is InChI=1S/C11H20N2O4/c1-3-6(2)9(12)10(15)13-5-7(14)4-8(13)11(16)17/h6-9,14H,3-5,12H2,1-2H3,(H,16,17)/t6?,7-,8-,9-/m0/s1. The lowest BCUT2D eigenvalue weighted by Gasteiger charge is -2.27. The normalized spacial score (nSPS) is 27.9. The number of nitrogens with two attached hydrogens (primary N) is 1. The number of nitrogens with zero attached hydrogens (tertiary/aromatic N) is 1. The van der Waals surface area contributed by atoms with E-state index in [0.29, 0.717) is 0 Å². The Morgan fingerprint density at radius 3 is 2.59 bits per heavy atom. The molecular weight excluding hydrogens is 224 g/mol. The maximum atomic E-state index is 12.0. The number of β-amino-alcohol motifs (C(OH)–C–C–N with tert-alkyl or cyclic N) is 1. The number of carbonyl (C=O) groups excluding carboxylic acids is 1. The van der Waals surface area contributed by atoms with Crippen molar-refractivity contribution < 1.29 is 19.8 Å². The average Bonchev–Trinajstić information content (AvgIpc) is 2.68. The van der Waals surface area contributed by atoms with Gasteiger partial charge in [0.15, 0.2) is 0 Å². The van der Waals surface area contributed by atoms with Crippen molar-refractivity contribution in [2.24, 2.45) is 11.7 Å². The Morgan fingerprint density at radius 2 is 2.12 bits per heavy atom. The number of carboxylic acids is 1. The van der Waals surface area contributed by atoms with Crippen LogP contribution in [0.5, 0.6) is 0 Å². The lowest BCUT2D eigenvalue weighted by molar-refractivity contribution is -0.149. The van der Waals surface area contributed by atoms with E-state index in [1.165, 1.54) is 4.90 Å². The molecule has 0 aromatic rings. The molecule has 1 unspecified atom stereocenters. The predicted molar refractivity (Wildman–Crippen MR) is 61.2 cm³/mol. The first-order valence-corrected chi connectivity index (χ1v) is 5.85. The van der Waals surface area contributed by atoms with Crippen LogP contribution in [0.1, 0.15) is 26.7 Å². The maximum Gasteiger partial charge on any atom is 0.326 e. The molecule has 6 heteroatoms. The first kappa shape index (κ1) is 13.9. The highest BCUT2D eigenvalue weighted by Crippen LogP contribution is 2.20. The minimum absolute atomic E-state index is 0.00492. The Kier molecular flexibility index (Phi) is 4.47. The molecular formula is C11H20N2O4. The van der Waals surface area contributed by atoms with Gasteiger partial charge in [0.25, 0.3) is 0 Å². The number of aliphatic hydroxyl groups excluding tert-OH is 1. The number of carboxylic acid groups (broad SMARTS) is 1. The van der Waals surface area contributed by atoms with Crippen LogP contribution in [0.3, 0.4) is 0 Å². The number of hydrogen-bond acceptors (Lipinski definition) is 4. The summed E-state index contributed by atoms with van der Waals surface area (Å²) < 4.78 is 0. The average molecular weight is 244 g/mol. The summed E-state index contributed by atoms with van der Waals surface area (Å²) in [5.41, 5.74) is 5.79. The number of amides is 1. The van der Waals surface area contributed by atoms with E-state index in [0.717, 1.165) is 6.42 Å². The van der Waals surface area contributed by atoms with Crippen LogP contribution < -0.4 is 5.73 Å². The minimum atomic E-state index is -1.09. The van der Waals surface area contributed by atoms with Gasteiger partial charge in [0.1, 0.15) is 6.04 Å². The van der Waals surface area contributed by atoms with Crippen LogP contribution in [0.2, 0.25) is 0 Å². The second-order valence-electron chi connectivity index (χ2n) is 4.65. The van der Waals surface area contributed by atoms with Gasteiger partial charge in [-0.15, -0.1) is 0 Å². The van der Waals surface area contributed by atoms with Gasteiger partial charge in [0.05, 0.1) is 12.1 Å². The lowest BCUT2D eigenvalue weighted by Crippen LogP contribution is -2.50. The van der Waals surface area contributed by atoms with Crippen LogP contribution in [0, 0.1) is 5.92 Å². The topological polar surface area (TPSA) is 104 Å². The summed E-state index contributed by atoms with van der Waals surface area (Å²) >= 11 is 0. The fraction of sp³-hybridized carbons (Fsp3) is 0.818. The highest BCUT2D eigenvalue weighted by atomic mass is 16.4. The molecule has 1 heterocycles. The number of hydrogen-bond donors (Lipinski definition) is 3. The SMILES string of the molecule is CCC(C)[C@H](N)C(=O)N1C[C@@H](O)C[C@H]1C(=O)O. The van der Waals surface area contributed by atoms with Gasteiger partial charge in [-0.3, -0.25) is 4.79 Å². The summed E-state index contributed by atoms with van der Waals surface area (Å²) in [7, 11) is 0. The van der Waals surface area contributed by atoms with Crippen molar-refractivity contribution >= 4 is 11.9 Å². The van der Waals surface area contributed by atoms with Crippen LogP contribution in [-0.2, 0) is 9.59 Å². The Labute approximate surface area is 100 Å². The third-order valence-corrected chi connectivity index (χ3v) is 3.39. The molecule has 0 aromatic carbocycles. The molecule has 1 fully saturated rings. The molecule has 0 saturated carbocycles. The molecule has 0 bridgehead atoms. The van der Waals surface area contributed by atoms with Crippen LogP contribution in [0.15, 0.2) is 0 Å². The summed E-state index contributed by atoms with van der Waals surface area (Å²) in [6.07, 6.45) is 0.0548. The summed E-state index contributed by atoms with van der Waals surface area (Å²) in [5, 5.41) is 18.4. The Bertz CT molecular complexity index is 308. The van der Waals surface area contributed by atoms with E-state index in [-0.39, 0.29) is 24.8 Å². The molecule has 0 radical (unpaired) electrons. The first-order chi connectivity index (χ1) is 7.88. The van der Waals surface area contributed by atoms with Gasteiger partial charge in [-0.25, -0.2) is 4.79 Å². The Hall–Kier alpha value is -1.14. The van der Waals surface area contributed by atoms with E-state index in [9.17, 15) is 14.7 Å². The number of aliphatic carboxylic acids is 1. The minimum Gasteiger partial charge on any atom is -0.480 e. The van der Waals surface area contributed by atoms with Gasteiger partial charge >= 0.3 is 5.97 Å². The van der Waals surface area contributed by atoms with Crippen LogP contribution in [0.4, 0.5) is 0 Å². The molecule has 4 atom stereocenters. The molecule has 6 nitrogen and oxygen atoms in total. The van der Waals surface area contributed by atoms with Gasteiger partial charge in [0, 0.05) is 13.0 Å². The molecule has 98 valence electrons. The molecule has 0 spiro atoms. The number of carbonyl (C=O) groups is 2. The third kappa shape index (κ3) is 2.95. The number of likely N-dealkylation sites (tertiary alicyclic amines) is 1. The van der Waals surface area contributed by atoms with E-state index >= 15 is 0 Å². The first-order valence-electron chi connectivity index (χ1n) is 5.85. The van der Waals surface area contributed by atoms with Gasteiger partial charge in [-0.2, -0.15) is 0 Å². The maximum absolute atomic E-state index is 12.0. The van der Waals surface area contributed by atoms with Crippen molar-refractivity contribution in [2.75, 3.05) is 6.54 Å². The van der Waals surface area contributed by atoms with Crippen LogP contribution in [0.25, 0.3) is 0 Å². The molecule has 0 aromatic heterocycles. The molecule has 0 aliphatic carbocycles. The highest BCUT2D eigenvalue weighted by molar-refractivity contribution is 5.87. The molecule has 4 N–H and O–H groups in total. The summed E-state index contributed by atoms with van der Waals surface area (Å²) in [6.45, 7) is 3.83. The van der Waals surface area contributed by atoms with E-state index in [2.05, 4.69) is 0 Å². The van der Waals surface area contributed by atoms with Crippen molar-refractivity contribution in [3.8, 4) is 0 Å². The summed E-state index contributed by atoms with van der Waals surface area (Å²) in [5.74, 6) is -1.48. The second kappa shape index (κ2) is 5.46. The quantitative estimate of drug-likeness (QED) is 0.613. The van der Waals surface area contributed by atoms with E-state index in [1.807, 2.05) is 13.8 Å². The van der Waals surface area contributed by atoms with E-state index in [4.69, 9.17) is 10.8 Å². The van der Waals surface area contributed by atoms with Gasteiger partial charge < -0.3 is 20.8 Å².